The molecule has 1 atom stereocenters. The van der Waals surface area contributed by atoms with E-state index in [1.807, 2.05) is 18.2 Å². The van der Waals surface area contributed by atoms with Gasteiger partial charge in [-0.1, -0.05) is 78.9 Å². The summed E-state index contributed by atoms with van der Waals surface area (Å²) in [5.41, 5.74) is 5.37. The molecule has 4 rings (SSSR count). The second-order valence-electron chi connectivity index (χ2n) is 6.74. The van der Waals surface area contributed by atoms with E-state index in [0.29, 0.717) is 6.42 Å². The Morgan fingerprint density at radius 1 is 0.731 bits per heavy atom. The van der Waals surface area contributed by atoms with Gasteiger partial charge in [-0.05, 0) is 34.2 Å². The van der Waals surface area contributed by atoms with Crippen LogP contribution in [0.4, 0.5) is 0 Å². The van der Waals surface area contributed by atoms with Crippen LogP contribution in [-0.2, 0) is 5.54 Å². The molecule has 1 aliphatic carbocycles. The number of nitrogens with one attached hydrogen (secondary N) is 1. The highest BCUT2D eigenvalue weighted by atomic mass is 16.3. The van der Waals surface area contributed by atoms with Gasteiger partial charge in [0.15, 0.2) is 0 Å². The third-order valence-electron chi connectivity index (χ3n) is 5.28. The van der Waals surface area contributed by atoms with Gasteiger partial charge in [-0.15, -0.1) is 0 Å². The van der Waals surface area contributed by atoms with E-state index in [4.69, 9.17) is 0 Å². The first-order chi connectivity index (χ1) is 12.8. The summed E-state index contributed by atoms with van der Waals surface area (Å²) >= 11 is 0. The number of hydrogen-bond acceptors (Lipinski definition) is 3. The van der Waals surface area contributed by atoms with E-state index in [1.165, 1.54) is 22.3 Å². The highest BCUT2D eigenvalue weighted by Crippen LogP contribution is 2.50. The van der Waals surface area contributed by atoms with Crippen LogP contribution in [0.5, 0.6) is 0 Å². The van der Waals surface area contributed by atoms with Crippen molar-refractivity contribution < 1.29 is 10.2 Å². The summed E-state index contributed by atoms with van der Waals surface area (Å²) in [5, 5.41) is 23.0. The summed E-state index contributed by atoms with van der Waals surface area (Å²) in [6, 6.07) is 27.0. The third-order valence-corrected chi connectivity index (χ3v) is 5.28. The van der Waals surface area contributed by atoms with Gasteiger partial charge >= 0.3 is 0 Å². The van der Waals surface area contributed by atoms with Crippen LogP contribution in [0.2, 0.25) is 0 Å². The van der Waals surface area contributed by atoms with Crippen molar-refractivity contribution in [1.29, 1.82) is 0 Å². The summed E-state index contributed by atoms with van der Waals surface area (Å²) in [7, 11) is 0. The van der Waals surface area contributed by atoms with Gasteiger partial charge < -0.3 is 10.2 Å². The van der Waals surface area contributed by atoms with Crippen LogP contribution in [0, 0.1) is 0 Å². The molecule has 0 saturated heterocycles. The summed E-state index contributed by atoms with van der Waals surface area (Å²) in [6.45, 7) is 0.00582. The summed E-state index contributed by atoms with van der Waals surface area (Å²) in [4.78, 5) is 0. The maximum atomic E-state index is 9.90. The zero-order valence-corrected chi connectivity index (χ0v) is 14.6. The molecule has 1 aliphatic rings. The first-order valence-electron chi connectivity index (χ1n) is 9.05. The van der Waals surface area contributed by atoms with Gasteiger partial charge in [0.1, 0.15) is 0 Å². The average Bonchev–Trinajstić information content (AvgIpc) is 3.00. The van der Waals surface area contributed by atoms with Crippen LogP contribution < -0.4 is 5.32 Å². The van der Waals surface area contributed by atoms with E-state index in [-0.39, 0.29) is 19.3 Å². The lowest BCUT2D eigenvalue weighted by molar-refractivity contribution is 0.185. The lowest BCUT2D eigenvalue weighted by Gasteiger charge is -2.37. The molecular weight excluding hydrogens is 322 g/mol. The molecule has 0 amide bonds. The Labute approximate surface area is 154 Å². The molecule has 3 N–H and O–H groups in total. The zero-order chi connectivity index (χ0) is 18.0. The standard InChI is InChI=1S/C23H23NO2/c25-15-14-18(16-26)24-23(17-8-2-1-3-9-17)21-12-6-4-10-19(21)20-11-5-7-13-22(20)23/h1-13,18,24-26H,14-16H2/t18-/m0/s1. The van der Waals surface area contributed by atoms with Crippen molar-refractivity contribution in [3.63, 3.8) is 0 Å². The Morgan fingerprint density at radius 3 is 1.81 bits per heavy atom. The monoisotopic (exact) mass is 345 g/mol. The van der Waals surface area contributed by atoms with Crippen molar-refractivity contribution in [2.45, 2.75) is 18.0 Å². The molecule has 3 aromatic carbocycles. The number of rotatable bonds is 6. The lowest BCUT2D eigenvalue weighted by Crippen LogP contribution is -2.50. The second kappa shape index (κ2) is 7.04. The molecule has 132 valence electrons. The topological polar surface area (TPSA) is 52.5 Å². The Hall–Kier alpha value is -2.46. The van der Waals surface area contributed by atoms with Gasteiger partial charge in [0.25, 0.3) is 0 Å². The number of aliphatic hydroxyl groups is 2. The first-order valence-corrected chi connectivity index (χ1v) is 9.05. The first kappa shape index (κ1) is 17.0. The number of fused-ring (bicyclic) bond motifs is 3. The van der Waals surface area contributed by atoms with E-state index in [1.54, 1.807) is 0 Å². The molecule has 0 aliphatic heterocycles. The smallest absolute Gasteiger partial charge is 0.0962 e. The molecule has 3 aromatic rings. The van der Waals surface area contributed by atoms with Gasteiger partial charge in [-0.3, -0.25) is 5.32 Å². The number of hydrogen-bond donors (Lipinski definition) is 3. The fourth-order valence-corrected chi connectivity index (χ4v) is 4.14. The average molecular weight is 345 g/mol. The van der Waals surface area contributed by atoms with Crippen molar-refractivity contribution in [3.8, 4) is 11.1 Å². The van der Waals surface area contributed by atoms with Gasteiger partial charge in [0.05, 0.1) is 12.1 Å². The minimum atomic E-state index is -0.545. The molecule has 0 saturated carbocycles. The van der Waals surface area contributed by atoms with Crippen molar-refractivity contribution in [1.82, 2.24) is 5.32 Å². The molecule has 0 fully saturated rings. The van der Waals surface area contributed by atoms with Gasteiger partial charge in [-0.2, -0.15) is 0 Å². The van der Waals surface area contributed by atoms with Crippen molar-refractivity contribution in [2.24, 2.45) is 0 Å². The van der Waals surface area contributed by atoms with Crippen LogP contribution in [0.3, 0.4) is 0 Å². The largest absolute Gasteiger partial charge is 0.396 e. The fourth-order valence-electron chi connectivity index (χ4n) is 4.14. The van der Waals surface area contributed by atoms with Crippen LogP contribution in [0.25, 0.3) is 11.1 Å². The number of aliphatic hydroxyl groups excluding tert-OH is 2. The third kappa shape index (κ3) is 2.56. The lowest BCUT2D eigenvalue weighted by atomic mass is 9.80. The van der Waals surface area contributed by atoms with Gasteiger partial charge in [0, 0.05) is 12.6 Å². The Kier molecular flexibility index (Phi) is 4.60. The second-order valence-corrected chi connectivity index (χ2v) is 6.74. The molecular formula is C23H23NO2. The van der Waals surface area contributed by atoms with E-state index in [9.17, 15) is 10.2 Å². The minimum absolute atomic E-state index is 0.0283. The maximum Gasteiger partial charge on any atom is 0.0962 e. The molecule has 0 spiro atoms. The van der Waals surface area contributed by atoms with Gasteiger partial charge in [0.2, 0.25) is 0 Å². The molecule has 0 heterocycles. The summed E-state index contributed by atoms with van der Waals surface area (Å²) in [6.07, 6.45) is 0.495. The highest BCUT2D eigenvalue weighted by Gasteiger charge is 2.45. The molecule has 0 unspecified atom stereocenters. The molecule has 26 heavy (non-hydrogen) atoms. The molecule has 3 nitrogen and oxygen atoms in total. The normalized spacial score (nSPS) is 15.3. The molecule has 0 aromatic heterocycles. The van der Waals surface area contributed by atoms with Crippen molar-refractivity contribution in [3.05, 3.63) is 95.6 Å². The van der Waals surface area contributed by atoms with Crippen LogP contribution in [0.15, 0.2) is 78.9 Å². The van der Waals surface area contributed by atoms with Crippen LogP contribution in [0.1, 0.15) is 23.1 Å². The summed E-state index contributed by atoms with van der Waals surface area (Å²) < 4.78 is 0. The van der Waals surface area contributed by atoms with E-state index < -0.39 is 5.54 Å². The predicted molar refractivity (Wildman–Crippen MR) is 104 cm³/mol. The quantitative estimate of drug-likeness (QED) is 0.643. The molecule has 0 bridgehead atoms. The SMILES string of the molecule is OCC[C@@H](CO)NC1(c2ccccc2)c2ccccc2-c2ccccc21. The Bertz CT molecular complexity index is 846. The maximum absolute atomic E-state index is 9.90. The zero-order valence-electron chi connectivity index (χ0n) is 14.6. The Balaban J connectivity index is 1.99. The van der Waals surface area contributed by atoms with Crippen molar-refractivity contribution >= 4 is 0 Å². The van der Waals surface area contributed by atoms with E-state index in [0.717, 1.165) is 5.56 Å². The van der Waals surface area contributed by atoms with Gasteiger partial charge in [-0.25, -0.2) is 0 Å². The highest BCUT2D eigenvalue weighted by molar-refractivity contribution is 5.83. The number of benzene rings is 3. The Morgan fingerprint density at radius 2 is 1.27 bits per heavy atom. The molecule has 0 radical (unpaired) electrons. The van der Waals surface area contributed by atoms with E-state index >= 15 is 0 Å². The van der Waals surface area contributed by atoms with E-state index in [2.05, 4.69) is 66.0 Å². The fraction of sp³-hybridized carbons (Fsp3) is 0.217. The van der Waals surface area contributed by atoms with Crippen LogP contribution in [-0.4, -0.2) is 29.5 Å². The summed E-state index contributed by atoms with van der Waals surface area (Å²) in [5.74, 6) is 0. The van der Waals surface area contributed by atoms with Crippen molar-refractivity contribution in [2.75, 3.05) is 13.2 Å². The van der Waals surface area contributed by atoms with Crippen LogP contribution >= 0.6 is 0 Å². The minimum Gasteiger partial charge on any atom is -0.396 e. The predicted octanol–water partition coefficient (Wildman–Crippen LogP) is 3.29. The molecule has 3 heteroatoms.